The molecule has 0 aromatic carbocycles. The van der Waals surface area contributed by atoms with Crippen LogP contribution in [0.2, 0.25) is 0 Å². The van der Waals surface area contributed by atoms with Crippen molar-refractivity contribution in [2.45, 2.75) is 37.1 Å². The fraction of sp³-hybridized carbons (Fsp3) is 0.684. The van der Waals surface area contributed by atoms with Crippen LogP contribution in [-0.4, -0.2) is 62.6 Å². The van der Waals surface area contributed by atoms with E-state index in [1.54, 1.807) is 11.8 Å². The topological polar surface area (TPSA) is 52.4 Å². The molecule has 6 heteroatoms. The first-order valence-corrected chi connectivity index (χ1v) is 10.3. The third-order valence-corrected chi connectivity index (χ3v) is 5.93. The molecule has 1 aliphatic heterocycles. The van der Waals surface area contributed by atoms with E-state index in [1.807, 2.05) is 0 Å². The molecular formula is C19H28N4OS. The van der Waals surface area contributed by atoms with E-state index in [9.17, 15) is 5.26 Å². The van der Waals surface area contributed by atoms with Gasteiger partial charge in [-0.05, 0) is 63.9 Å². The van der Waals surface area contributed by atoms with Gasteiger partial charge in [-0.2, -0.15) is 5.26 Å². The zero-order valence-corrected chi connectivity index (χ0v) is 16.2. The Labute approximate surface area is 155 Å². The van der Waals surface area contributed by atoms with E-state index >= 15 is 0 Å². The van der Waals surface area contributed by atoms with Crippen molar-refractivity contribution in [3.63, 3.8) is 0 Å². The standard InChI is InChI=1S/C19H28N4OS/c1-22(2)8-5-13-25-19-17(14-20)15-6-3-4-7-16(15)18(21-19)23-9-11-24-12-10-23/h3-13H2,1-2H3. The van der Waals surface area contributed by atoms with Crippen LogP contribution in [0.4, 0.5) is 5.82 Å². The first-order chi connectivity index (χ1) is 12.2. The number of rotatable bonds is 6. The highest BCUT2D eigenvalue weighted by Crippen LogP contribution is 2.36. The van der Waals surface area contributed by atoms with Crippen molar-refractivity contribution >= 4 is 17.6 Å². The number of anilines is 1. The second kappa shape index (κ2) is 8.88. The van der Waals surface area contributed by atoms with Gasteiger partial charge in [-0.25, -0.2) is 4.98 Å². The third kappa shape index (κ3) is 4.46. The molecule has 3 rings (SSSR count). The molecule has 1 aromatic rings. The van der Waals surface area contributed by atoms with Crippen LogP contribution in [0, 0.1) is 11.3 Å². The normalized spacial score (nSPS) is 17.4. The fourth-order valence-corrected chi connectivity index (χ4v) is 4.51. The molecule has 0 saturated carbocycles. The van der Waals surface area contributed by atoms with E-state index in [0.717, 1.165) is 74.3 Å². The van der Waals surface area contributed by atoms with Gasteiger partial charge in [-0.15, -0.1) is 11.8 Å². The molecule has 1 fully saturated rings. The van der Waals surface area contributed by atoms with Crippen molar-refractivity contribution in [3.8, 4) is 6.07 Å². The second-order valence-corrected chi connectivity index (χ2v) is 8.08. The van der Waals surface area contributed by atoms with Gasteiger partial charge in [0.05, 0.1) is 18.8 Å². The Hall–Kier alpha value is -1.29. The predicted molar refractivity (Wildman–Crippen MR) is 103 cm³/mol. The van der Waals surface area contributed by atoms with Crippen LogP contribution >= 0.6 is 11.8 Å². The number of thioether (sulfide) groups is 1. The highest BCUT2D eigenvalue weighted by atomic mass is 32.2. The summed E-state index contributed by atoms with van der Waals surface area (Å²) in [5.74, 6) is 2.12. The van der Waals surface area contributed by atoms with Gasteiger partial charge in [-0.3, -0.25) is 0 Å². The number of hydrogen-bond acceptors (Lipinski definition) is 6. The zero-order chi connectivity index (χ0) is 17.6. The average Bonchev–Trinajstić information content (AvgIpc) is 2.65. The Kier molecular flexibility index (Phi) is 6.57. The van der Waals surface area contributed by atoms with Crippen LogP contribution in [0.3, 0.4) is 0 Å². The van der Waals surface area contributed by atoms with E-state index in [2.05, 4.69) is 30.0 Å². The third-order valence-electron chi connectivity index (χ3n) is 4.87. The molecule has 0 radical (unpaired) electrons. The van der Waals surface area contributed by atoms with Crippen molar-refractivity contribution < 1.29 is 4.74 Å². The van der Waals surface area contributed by atoms with E-state index in [0.29, 0.717) is 0 Å². The SMILES string of the molecule is CN(C)CCCSc1nc(N2CCOCC2)c2c(c1C#N)CCCC2. The number of nitriles is 1. The first kappa shape index (κ1) is 18.5. The maximum Gasteiger partial charge on any atom is 0.133 e. The number of aromatic nitrogens is 1. The first-order valence-electron chi connectivity index (χ1n) is 9.26. The van der Waals surface area contributed by atoms with Crippen LogP contribution in [-0.2, 0) is 17.6 Å². The molecule has 136 valence electrons. The van der Waals surface area contributed by atoms with Gasteiger partial charge in [0.15, 0.2) is 0 Å². The lowest BCUT2D eigenvalue weighted by Gasteiger charge is -2.32. The Morgan fingerprint density at radius 3 is 2.60 bits per heavy atom. The summed E-state index contributed by atoms with van der Waals surface area (Å²) in [6.07, 6.45) is 5.55. The smallest absolute Gasteiger partial charge is 0.133 e. The number of hydrogen-bond donors (Lipinski definition) is 0. The van der Waals surface area contributed by atoms with Gasteiger partial charge in [0.25, 0.3) is 0 Å². The molecule has 0 spiro atoms. The average molecular weight is 361 g/mol. The summed E-state index contributed by atoms with van der Waals surface area (Å²) in [6, 6.07) is 2.47. The van der Waals surface area contributed by atoms with Crippen molar-refractivity contribution in [2.75, 3.05) is 57.6 Å². The highest BCUT2D eigenvalue weighted by molar-refractivity contribution is 7.99. The molecule has 0 bridgehead atoms. The minimum Gasteiger partial charge on any atom is -0.378 e. The van der Waals surface area contributed by atoms with Crippen LogP contribution in [0.1, 0.15) is 36.0 Å². The van der Waals surface area contributed by atoms with Crippen molar-refractivity contribution in [3.05, 3.63) is 16.7 Å². The summed E-state index contributed by atoms with van der Waals surface area (Å²) in [5.41, 5.74) is 3.42. The Balaban J connectivity index is 1.89. The lowest BCUT2D eigenvalue weighted by Crippen LogP contribution is -2.38. The van der Waals surface area contributed by atoms with Crippen LogP contribution in [0.25, 0.3) is 0 Å². The Bertz CT molecular complexity index is 635. The molecule has 25 heavy (non-hydrogen) atoms. The molecule has 0 atom stereocenters. The molecule has 1 saturated heterocycles. The monoisotopic (exact) mass is 360 g/mol. The molecule has 1 aromatic heterocycles. The van der Waals surface area contributed by atoms with Gasteiger partial charge in [0, 0.05) is 18.8 Å². The second-order valence-electron chi connectivity index (χ2n) is 7.00. The molecule has 0 amide bonds. The summed E-state index contributed by atoms with van der Waals surface area (Å²) in [4.78, 5) is 9.55. The van der Waals surface area contributed by atoms with Crippen molar-refractivity contribution in [2.24, 2.45) is 0 Å². The molecular weight excluding hydrogens is 332 g/mol. The Morgan fingerprint density at radius 2 is 1.92 bits per heavy atom. The van der Waals surface area contributed by atoms with Gasteiger partial charge >= 0.3 is 0 Å². The summed E-state index contributed by atoms with van der Waals surface area (Å²) in [6.45, 7) is 4.39. The maximum absolute atomic E-state index is 9.78. The van der Waals surface area contributed by atoms with Gasteiger partial charge < -0.3 is 14.5 Å². The number of fused-ring (bicyclic) bond motifs is 1. The molecule has 0 N–H and O–H groups in total. The number of pyridine rings is 1. The van der Waals surface area contributed by atoms with Gasteiger partial charge in [0.2, 0.25) is 0 Å². The van der Waals surface area contributed by atoms with Crippen molar-refractivity contribution in [1.29, 1.82) is 5.26 Å². The predicted octanol–water partition coefficient (Wildman–Crippen LogP) is 2.71. The van der Waals surface area contributed by atoms with E-state index < -0.39 is 0 Å². The zero-order valence-electron chi connectivity index (χ0n) is 15.4. The van der Waals surface area contributed by atoms with E-state index in [1.165, 1.54) is 24.0 Å². The minimum absolute atomic E-state index is 0.766. The summed E-state index contributed by atoms with van der Waals surface area (Å²) in [7, 11) is 4.19. The largest absolute Gasteiger partial charge is 0.378 e. The number of nitrogens with zero attached hydrogens (tertiary/aromatic N) is 4. The summed E-state index contributed by atoms with van der Waals surface area (Å²) < 4.78 is 5.51. The van der Waals surface area contributed by atoms with Crippen molar-refractivity contribution in [1.82, 2.24) is 9.88 Å². The van der Waals surface area contributed by atoms with Crippen LogP contribution in [0.5, 0.6) is 0 Å². The number of morpholine rings is 1. The maximum atomic E-state index is 9.78. The molecule has 2 heterocycles. The number of ether oxygens (including phenoxy) is 1. The highest BCUT2D eigenvalue weighted by Gasteiger charge is 2.25. The fourth-order valence-electron chi connectivity index (χ4n) is 3.58. The summed E-state index contributed by atoms with van der Waals surface area (Å²) >= 11 is 1.75. The molecule has 2 aliphatic rings. The van der Waals surface area contributed by atoms with E-state index in [-0.39, 0.29) is 0 Å². The molecule has 0 unspecified atom stereocenters. The minimum atomic E-state index is 0.766. The van der Waals surface area contributed by atoms with Gasteiger partial charge in [-0.1, -0.05) is 0 Å². The molecule has 5 nitrogen and oxygen atoms in total. The van der Waals surface area contributed by atoms with E-state index in [4.69, 9.17) is 9.72 Å². The molecule has 1 aliphatic carbocycles. The lowest BCUT2D eigenvalue weighted by molar-refractivity contribution is 0.122. The van der Waals surface area contributed by atoms with Gasteiger partial charge in [0.1, 0.15) is 16.9 Å². The lowest BCUT2D eigenvalue weighted by atomic mass is 9.89. The van der Waals surface area contributed by atoms with Crippen LogP contribution < -0.4 is 4.90 Å². The summed E-state index contributed by atoms with van der Waals surface area (Å²) in [5, 5.41) is 10.7. The van der Waals surface area contributed by atoms with Crippen LogP contribution in [0.15, 0.2) is 5.03 Å². The Morgan fingerprint density at radius 1 is 1.20 bits per heavy atom. The quantitative estimate of drug-likeness (QED) is 0.574.